The van der Waals surface area contributed by atoms with Crippen molar-refractivity contribution in [3.8, 4) is 0 Å². The summed E-state index contributed by atoms with van der Waals surface area (Å²) in [7, 11) is -4.09. The van der Waals surface area contributed by atoms with Gasteiger partial charge in [-0.05, 0) is 43.3 Å². The lowest BCUT2D eigenvalue weighted by atomic mass is 10.2. The van der Waals surface area contributed by atoms with Crippen LogP contribution in [0.3, 0.4) is 0 Å². The Morgan fingerprint density at radius 2 is 1.42 bits per heavy atom. The second-order valence-corrected chi connectivity index (χ2v) is 11.1. The summed E-state index contributed by atoms with van der Waals surface area (Å²) in [5.41, 5.74) is 1.46. The fourth-order valence-electron chi connectivity index (χ4n) is 2.91. The molecule has 0 unspecified atom stereocenters. The summed E-state index contributed by atoms with van der Waals surface area (Å²) in [4.78, 5) is 12.9. The summed E-state index contributed by atoms with van der Waals surface area (Å²) < 4.78 is 27.8. The molecule has 33 heavy (non-hydrogen) atoms. The van der Waals surface area contributed by atoms with Crippen molar-refractivity contribution < 1.29 is 13.2 Å². The maximum absolute atomic E-state index is 13.4. The summed E-state index contributed by atoms with van der Waals surface area (Å²) in [6, 6.07) is 13.9. The van der Waals surface area contributed by atoms with Crippen molar-refractivity contribution in [2.24, 2.45) is 0 Å². The molecule has 0 atom stereocenters. The lowest BCUT2D eigenvalue weighted by molar-refractivity contribution is -0.116. The molecule has 0 radical (unpaired) electrons. The highest BCUT2D eigenvalue weighted by Gasteiger charge is 2.28. The number of sulfonamides is 1. The van der Waals surface area contributed by atoms with E-state index in [2.05, 4.69) is 5.32 Å². The summed E-state index contributed by atoms with van der Waals surface area (Å²) in [6.45, 7) is 1.08. The van der Waals surface area contributed by atoms with E-state index in [9.17, 15) is 13.2 Å². The van der Waals surface area contributed by atoms with Crippen LogP contribution in [-0.4, -0.2) is 25.2 Å². The molecule has 0 saturated heterocycles. The van der Waals surface area contributed by atoms with Crippen molar-refractivity contribution in [2.45, 2.75) is 18.4 Å². The maximum Gasteiger partial charge on any atom is 0.243 e. The van der Waals surface area contributed by atoms with Crippen LogP contribution < -0.4 is 5.32 Å². The van der Waals surface area contributed by atoms with E-state index < -0.39 is 22.5 Å². The third kappa shape index (κ3) is 6.34. The highest BCUT2D eigenvalue weighted by Crippen LogP contribution is 2.33. The Hall–Kier alpha value is -1.51. The number of hydrogen-bond acceptors (Lipinski definition) is 3. The minimum atomic E-state index is -4.09. The normalized spacial score (nSPS) is 11.6. The van der Waals surface area contributed by atoms with Crippen molar-refractivity contribution in [1.29, 1.82) is 0 Å². The summed E-state index contributed by atoms with van der Waals surface area (Å²) in [5, 5.41) is 3.68. The molecule has 0 fully saturated rings. The van der Waals surface area contributed by atoms with Crippen molar-refractivity contribution in [3.05, 3.63) is 90.8 Å². The van der Waals surface area contributed by atoms with Crippen LogP contribution in [0, 0.1) is 6.92 Å². The first kappa shape index (κ1) is 26.1. The zero-order valence-electron chi connectivity index (χ0n) is 17.1. The molecule has 0 bridgehead atoms. The van der Waals surface area contributed by atoms with Gasteiger partial charge in [0.2, 0.25) is 15.9 Å². The first-order valence-electron chi connectivity index (χ1n) is 9.43. The molecule has 0 heterocycles. The molecule has 1 N–H and O–H groups in total. The van der Waals surface area contributed by atoms with Crippen molar-refractivity contribution in [3.63, 3.8) is 0 Å². The molecule has 0 aromatic heterocycles. The number of nitrogens with one attached hydrogen (secondary N) is 1. The summed E-state index contributed by atoms with van der Waals surface area (Å²) >= 11 is 30.6. The van der Waals surface area contributed by atoms with Gasteiger partial charge in [0.1, 0.15) is 0 Å². The highest BCUT2D eigenvalue weighted by molar-refractivity contribution is 7.89. The van der Waals surface area contributed by atoms with Gasteiger partial charge in [0.25, 0.3) is 0 Å². The molecule has 174 valence electrons. The number of carbonyl (C=O) groups excluding carboxylic acids is 1. The van der Waals surface area contributed by atoms with Gasteiger partial charge in [0.15, 0.2) is 0 Å². The molecular weight excluding hydrogens is 550 g/mol. The lowest BCUT2D eigenvalue weighted by Crippen LogP contribution is -2.37. The highest BCUT2D eigenvalue weighted by atomic mass is 35.5. The molecular formula is C22H17Cl5N2O3S. The number of rotatable bonds is 7. The Morgan fingerprint density at radius 3 is 2.03 bits per heavy atom. The van der Waals surface area contributed by atoms with E-state index in [4.69, 9.17) is 58.0 Å². The number of halogens is 5. The minimum absolute atomic E-state index is 0.0247. The number of carbonyl (C=O) groups is 1. The van der Waals surface area contributed by atoms with E-state index in [-0.39, 0.29) is 42.2 Å². The molecule has 0 saturated carbocycles. The van der Waals surface area contributed by atoms with Crippen molar-refractivity contribution >= 4 is 79.6 Å². The summed E-state index contributed by atoms with van der Waals surface area (Å²) in [6.07, 6.45) is 0. The van der Waals surface area contributed by atoms with Crippen molar-refractivity contribution in [1.82, 2.24) is 4.31 Å². The van der Waals surface area contributed by atoms with Crippen LogP contribution in [0.4, 0.5) is 5.69 Å². The third-order valence-electron chi connectivity index (χ3n) is 4.66. The van der Waals surface area contributed by atoms with Crippen molar-refractivity contribution in [2.75, 3.05) is 11.9 Å². The molecule has 0 aliphatic rings. The average molecular weight is 567 g/mol. The number of anilines is 1. The Kier molecular flexibility index (Phi) is 8.56. The second-order valence-electron chi connectivity index (χ2n) is 7.08. The molecule has 0 aliphatic carbocycles. The largest absolute Gasteiger partial charge is 0.324 e. The van der Waals surface area contributed by atoms with E-state index >= 15 is 0 Å². The molecule has 1 amide bonds. The predicted octanol–water partition coefficient (Wildman–Crippen LogP) is 7.09. The monoisotopic (exact) mass is 564 g/mol. The van der Waals surface area contributed by atoms with Crippen LogP contribution in [0.15, 0.2) is 59.5 Å². The SMILES string of the molecule is Cc1ccc(S(=O)(=O)N(CC(=O)Nc2cc(Cl)c(Cl)cc2Cl)Cc2c(Cl)cccc2Cl)cc1. The van der Waals surface area contributed by atoms with Gasteiger partial charge in [-0.2, -0.15) is 4.31 Å². The minimum Gasteiger partial charge on any atom is -0.324 e. The Bertz CT molecular complexity index is 1280. The molecule has 0 spiro atoms. The van der Waals surface area contributed by atoms with E-state index in [1.54, 1.807) is 30.3 Å². The Morgan fingerprint density at radius 1 is 0.848 bits per heavy atom. The van der Waals surface area contributed by atoms with Gasteiger partial charge in [-0.15, -0.1) is 0 Å². The van der Waals surface area contributed by atoms with Crippen LogP contribution >= 0.6 is 58.0 Å². The quantitative estimate of drug-likeness (QED) is 0.311. The molecule has 5 nitrogen and oxygen atoms in total. The lowest BCUT2D eigenvalue weighted by Gasteiger charge is -2.23. The molecule has 3 aromatic carbocycles. The maximum atomic E-state index is 13.4. The van der Waals surface area contributed by atoms with Crippen LogP contribution in [-0.2, 0) is 21.4 Å². The van der Waals surface area contributed by atoms with E-state index in [0.29, 0.717) is 5.56 Å². The van der Waals surface area contributed by atoms with Gasteiger partial charge in [0.05, 0.1) is 32.2 Å². The van der Waals surface area contributed by atoms with Gasteiger partial charge in [-0.25, -0.2) is 8.42 Å². The number of amides is 1. The van der Waals surface area contributed by atoms with Crippen LogP contribution in [0.1, 0.15) is 11.1 Å². The molecule has 0 aliphatic heterocycles. The first-order chi connectivity index (χ1) is 15.5. The van der Waals surface area contributed by atoms with E-state index in [1.165, 1.54) is 24.3 Å². The van der Waals surface area contributed by atoms with Gasteiger partial charge in [0, 0.05) is 22.2 Å². The van der Waals surface area contributed by atoms with Gasteiger partial charge >= 0.3 is 0 Å². The number of aryl methyl sites for hydroxylation is 1. The number of nitrogens with zero attached hydrogens (tertiary/aromatic N) is 1. The van der Waals surface area contributed by atoms with Gasteiger partial charge in [-0.1, -0.05) is 81.8 Å². The van der Waals surface area contributed by atoms with E-state index in [1.807, 2.05) is 6.92 Å². The van der Waals surface area contributed by atoms with Gasteiger partial charge < -0.3 is 5.32 Å². The zero-order chi connectivity index (χ0) is 24.3. The zero-order valence-corrected chi connectivity index (χ0v) is 21.7. The smallest absolute Gasteiger partial charge is 0.243 e. The average Bonchev–Trinajstić information content (AvgIpc) is 2.74. The molecule has 3 rings (SSSR count). The Balaban J connectivity index is 1.95. The second kappa shape index (κ2) is 10.8. The van der Waals surface area contributed by atoms with Crippen LogP contribution in [0.2, 0.25) is 25.1 Å². The fraction of sp³-hybridized carbons (Fsp3) is 0.136. The van der Waals surface area contributed by atoms with Crippen LogP contribution in [0.5, 0.6) is 0 Å². The first-order valence-corrected chi connectivity index (χ1v) is 12.8. The number of benzene rings is 3. The molecule has 11 heteroatoms. The third-order valence-corrected chi connectivity index (χ3v) is 8.21. The predicted molar refractivity (Wildman–Crippen MR) is 135 cm³/mol. The van der Waals surface area contributed by atoms with Gasteiger partial charge in [-0.3, -0.25) is 4.79 Å². The topological polar surface area (TPSA) is 66.5 Å². The number of hydrogen-bond donors (Lipinski definition) is 1. The fourth-order valence-corrected chi connectivity index (χ4v) is 5.39. The summed E-state index contributed by atoms with van der Waals surface area (Å²) in [5.74, 6) is -0.644. The van der Waals surface area contributed by atoms with E-state index in [0.717, 1.165) is 9.87 Å². The molecule has 3 aromatic rings. The van der Waals surface area contributed by atoms with Crippen LogP contribution in [0.25, 0.3) is 0 Å². The standard InChI is InChI=1S/C22H17Cl5N2O3S/c1-13-5-7-14(8-6-13)33(31,32)29(11-15-16(23)3-2-4-17(15)24)12-22(30)28-21-10-19(26)18(25)9-20(21)27/h2-10H,11-12H2,1H3,(H,28,30). The Labute approximate surface area is 217 Å².